The number of carbonyl (C=O) groups excluding carboxylic acids is 2. The van der Waals surface area contributed by atoms with E-state index in [0.717, 1.165) is 9.99 Å². The standard InChI is InChI=1S/C19H18ClIN2O2/c1-2-11-22-19(25)16(12-23-14-9-7-13(21)8-10-14)18(24)15-5-3-4-6-17(15)20/h3-10,12,16H,2,11H2,1H3,(H,22,25). The highest BCUT2D eigenvalue weighted by molar-refractivity contribution is 14.1. The Kier molecular flexibility index (Phi) is 7.58. The van der Waals surface area contributed by atoms with Gasteiger partial charge in [0, 0.05) is 21.9 Å². The summed E-state index contributed by atoms with van der Waals surface area (Å²) in [6.07, 6.45) is 2.17. The van der Waals surface area contributed by atoms with Crippen molar-refractivity contribution in [2.45, 2.75) is 13.3 Å². The number of nitrogens with zero attached hydrogens (tertiary/aromatic N) is 1. The van der Waals surface area contributed by atoms with Crippen LogP contribution in [0.3, 0.4) is 0 Å². The molecule has 0 heterocycles. The van der Waals surface area contributed by atoms with Crippen molar-refractivity contribution in [2.24, 2.45) is 10.9 Å². The SMILES string of the molecule is CCCNC(=O)C(C=Nc1ccc(I)cc1)C(=O)c1ccccc1Cl. The van der Waals surface area contributed by atoms with E-state index in [-0.39, 0.29) is 11.7 Å². The quantitative estimate of drug-likeness (QED) is 0.278. The zero-order valence-electron chi connectivity index (χ0n) is 13.7. The fourth-order valence-electron chi connectivity index (χ4n) is 2.13. The summed E-state index contributed by atoms with van der Waals surface area (Å²) < 4.78 is 1.08. The average Bonchev–Trinajstić information content (AvgIpc) is 2.61. The van der Waals surface area contributed by atoms with Crippen molar-refractivity contribution in [1.82, 2.24) is 5.32 Å². The van der Waals surface area contributed by atoms with Crippen molar-refractivity contribution in [3.8, 4) is 0 Å². The average molecular weight is 469 g/mol. The number of carbonyl (C=O) groups is 2. The first kappa shape index (κ1) is 19.6. The molecule has 0 fully saturated rings. The molecule has 130 valence electrons. The van der Waals surface area contributed by atoms with Gasteiger partial charge < -0.3 is 5.32 Å². The van der Waals surface area contributed by atoms with Crippen molar-refractivity contribution in [3.05, 3.63) is 62.7 Å². The Labute approximate surface area is 165 Å². The fraction of sp³-hybridized carbons (Fsp3) is 0.211. The molecule has 0 aliphatic heterocycles. The second kappa shape index (κ2) is 9.68. The number of rotatable bonds is 7. The predicted molar refractivity (Wildman–Crippen MR) is 110 cm³/mol. The number of hydrogen-bond acceptors (Lipinski definition) is 3. The van der Waals surface area contributed by atoms with Crippen molar-refractivity contribution in [3.63, 3.8) is 0 Å². The molecule has 25 heavy (non-hydrogen) atoms. The van der Waals surface area contributed by atoms with Crippen LogP contribution in [0, 0.1) is 9.49 Å². The van der Waals surface area contributed by atoms with Gasteiger partial charge in [-0.1, -0.05) is 30.7 Å². The van der Waals surface area contributed by atoms with Crippen molar-refractivity contribution in [1.29, 1.82) is 0 Å². The normalized spacial score (nSPS) is 12.1. The van der Waals surface area contributed by atoms with Crippen molar-refractivity contribution < 1.29 is 9.59 Å². The van der Waals surface area contributed by atoms with Gasteiger partial charge in [0.05, 0.1) is 10.7 Å². The summed E-state index contributed by atoms with van der Waals surface area (Å²) in [4.78, 5) is 29.5. The summed E-state index contributed by atoms with van der Waals surface area (Å²) in [5.74, 6) is -1.76. The van der Waals surface area contributed by atoms with Crippen LogP contribution in [0.15, 0.2) is 53.5 Å². The molecule has 1 unspecified atom stereocenters. The van der Waals surface area contributed by atoms with Gasteiger partial charge in [0.1, 0.15) is 5.92 Å². The second-order valence-corrected chi connectivity index (χ2v) is 7.02. The zero-order valence-corrected chi connectivity index (χ0v) is 16.6. The summed E-state index contributed by atoms with van der Waals surface area (Å²) in [7, 11) is 0. The zero-order chi connectivity index (χ0) is 18.2. The van der Waals surface area contributed by atoms with Gasteiger partial charge in [-0.05, 0) is 65.4 Å². The van der Waals surface area contributed by atoms with Crippen LogP contribution in [0.5, 0.6) is 0 Å². The Morgan fingerprint density at radius 3 is 2.52 bits per heavy atom. The molecule has 1 atom stereocenters. The highest BCUT2D eigenvalue weighted by atomic mass is 127. The Hall–Kier alpha value is -1.73. The first-order valence-corrected chi connectivity index (χ1v) is 9.34. The van der Waals surface area contributed by atoms with Crippen molar-refractivity contribution >= 4 is 57.8 Å². The van der Waals surface area contributed by atoms with Crippen LogP contribution < -0.4 is 5.32 Å². The van der Waals surface area contributed by atoms with Crippen LogP contribution in [0.25, 0.3) is 0 Å². The molecule has 0 saturated carbocycles. The van der Waals surface area contributed by atoms with Crippen LogP contribution in [-0.2, 0) is 4.79 Å². The number of amides is 1. The molecule has 0 saturated heterocycles. The molecule has 4 nitrogen and oxygen atoms in total. The minimum absolute atomic E-state index is 0.315. The number of aliphatic imine (C=N–C) groups is 1. The van der Waals surface area contributed by atoms with E-state index >= 15 is 0 Å². The maximum atomic E-state index is 12.8. The third-order valence-electron chi connectivity index (χ3n) is 3.45. The van der Waals surface area contributed by atoms with Gasteiger partial charge in [0.25, 0.3) is 0 Å². The van der Waals surface area contributed by atoms with Gasteiger partial charge >= 0.3 is 0 Å². The molecular weight excluding hydrogens is 451 g/mol. The molecule has 2 aromatic rings. The lowest BCUT2D eigenvalue weighted by atomic mass is 9.97. The maximum absolute atomic E-state index is 12.8. The summed E-state index contributed by atoms with van der Waals surface area (Å²) in [5, 5.41) is 3.08. The Morgan fingerprint density at radius 1 is 1.20 bits per heavy atom. The molecule has 0 spiro atoms. The second-order valence-electron chi connectivity index (χ2n) is 5.37. The third kappa shape index (κ3) is 5.64. The van der Waals surface area contributed by atoms with Crippen molar-refractivity contribution in [2.75, 3.05) is 6.54 Å². The van der Waals surface area contributed by atoms with Gasteiger partial charge in [0.15, 0.2) is 5.78 Å². The number of benzene rings is 2. The first-order valence-electron chi connectivity index (χ1n) is 7.89. The molecule has 0 aliphatic rings. The molecule has 6 heteroatoms. The number of nitrogens with one attached hydrogen (secondary N) is 1. The minimum atomic E-state index is -1.02. The van der Waals surface area contributed by atoms with E-state index in [2.05, 4.69) is 32.9 Å². The number of ketones is 1. The molecule has 0 aromatic heterocycles. The third-order valence-corrected chi connectivity index (χ3v) is 4.50. The van der Waals surface area contributed by atoms with Gasteiger partial charge in [-0.3, -0.25) is 14.6 Å². The Morgan fingerprint density at radius 2 is 1.88 bits per heavy atom. The highest BCUT2D eigenvalue weighted by Crippen LogP contribution is 2.20. The van der Waals surface area contributed by atoms with E-state index in [0.29, 0.717) is 22.8 Å². The topological polar surface area (TPSA) is 58.5 Å². The monoisotopic (exact) mass is 468 g/mol. The largest absolute Gasteiger partial charge is 0.355 e. The maximum Gasteiger partial charge on any atom is 0.236 e. The molecule has 0 aliphatic carbocycles. The van der Waals surface area contributed by atoms with Crippen LogP contribution in [-0.4, -0.2) is 24.4 Å². The molecule has 1 N–H and O–H groups in total. The molecule has 2 aromatic carbocycles. The summed E-state index contributed by atoms with van der Waals surface area (Å²) in [6.45, 7) is 2.45. The molecular formula is C19H18ClIN2O2. The van der Waals surface area contributed by atoms with Crippen LogP contribution in [0.1, 0.15) is 23.7 Å². The molecule has 0 radical (unpaired) electrons. The molecule has 0 bridgehead atoms. The Bertz CT molecular complexity index is 775. The van der Waals surface area contributed by atoms with Gasteiger partial charge in [0.2, 0.25) is 5.91 Å². The van der Waals surface area contributed by atoms with E-state index in [9.17, 15) is 9.59 Å². The lowest BCUT2D eigenvalue weighted by Gasteiger charge is -2.12. The predicted octanol–water partition coefficient (Wildman–Crippen LogP) is 4.67. The lowest BCUT2D eigenvalue weighted by Crippen LogP contribution is -2.37. The summed E-state index contributed by atoms with van der Waals surface area (Å²) in [6, 6.07) is 14.2. The van der Waals surface area contributed by atoms with E-state index in [1.54, 1.807) is 24.3 Å². The number of Topliss-reactive ketones (excluding diaryl/α,β-unsaturated/α-hetero) is 1. The van der Waals surface area contributed by atoms with Gasteiger partial charge in [-0.2, -0.15) is 0 Å². The summed E-state index contributed by atoms with van der Waals surface area (Å²) in [5.41, 5.74) is 0.996. The van der Waals surface area contributed by atoms with E-state index in [1.165, 1.54) is 6.21 Å². The van der Waals surface area contributed by atoms with Gasteiger partial charge in [-0.15, -0.1) is 0 Å². The fourth-order valence-corrected chi connectivity index (χ4v) is 2.72. The molecule has 1 amide bonds. The summed E-state index contributed by atoms with van der Waals surface area (Å²) >= 11 is 8.31. The smallest absolute Gasteiger partial charge is 0.236 e. The Balaban J connectivity index is 2.29. The van der Waals surface area contributed by atoms with Crippen LogP contribution in [0.4, 0.5) is 5.69 Å². The van der Waals surface area contributed by atoms with E-state index in [1.807, 2.05) is 31.2 Å². The van der Waals surface area contributed by atoms with E-state index in [4.69, 9.17) is 11.6 Å². The number of hydrogen-bond donors (Lipinski definition) is 1. The van der Waals surface area contributed by atoms with Crippen LogP contribution >= 0.6 is 34.2 Å². The molecule has 2 rings (SSSR count). The highest BCUT2D eigenvalue weighted by Gasteiger charge is 2.27. The van der Waals surface area contributed by atoms with E-state index < -0.39 is 5.92 Å². The number of halogens is 2. The minimum Gasteiger partial charge on any atom is -0.355 e. The first-order chi connectivity index (χ1) is 12.0. The lowest BCUT2D eigenvalue weighted by molar-refractivity contribution is -0.121. The van der Waals surface area contributed by atoms with Crippen LogP contribution in [0.2, 0.25) is 5.02 Å². The van der Waals surface area contributed by atoms with Gasteiger partial charge in [-0.25, -0.2) is 0 Å².